The van der Waals surface area contributed by atoms with E-state index in [1.807, 2.05) is 0 Å². The van der Waals surface area contributed by atoms with Gasteiger partial charge in [0, 0.05) is 0 Å². The fourth-order valence-corrected chi connectivity index (χ4v) is 1.72. The van der Waals surface area contributed by atoms with Crippen LogP contribution in [0.5, 0.6) is 0 Å². The Morgan fingerprint density at radius 1 is 1.05 bits per heavy atom. The molecule has 0 aliphatic heterocycles. The average molecular weight is 255 g/mol. The molecule has 3 rings (SSSR count). The van der Waals surface area contributed by atoms with E-state index in [9.17, 15) is 4.79 Å². The number of nitrogens with zero attached hydrogens (tertiary/aromatic N) is 2. The summed E-state index contributed by atoms with van der Waals surface area (Å²) in [5.41, 5.74) is 6.14. The Bertz CT molecular complexity index is 716. The van der Waals surface area contributed by atoms with E-state index in [1.165, 1.54) is 6.26 Å². The molecule has 0 fully saturated rings. The number of primary amides is 1. The molecule has 6 heteroatoms. The summed E-state index contributed by atoms with van der Waals surface area (Å²) < 4.78 is 10.6. The molecule has 0 radical (unpaired) electrons. The standard InChI is InChI=1S/C13H9N3O3/c14-11(17)8-4-1-2-5-9(8)12-15-16-13(19-12)10-6-3-7-18-10/h1-7H,(H2,14,17). The van der Waals surface area contributed by atoms with Crippen molar-refractivity contribution in [1.82, 2.24) is 10.2 Å². The SMILES string of the molecule is NC(=O)c1ccccc1-c1nnc(-c2ccco2)o1. The van der Waals surface area contributed by atoms with Gasteiger partial charge in [0.2, 0.25) is 11.8 Å². The van der Waals surface area contributed by atoms with Crippen molar-refractivity contribution in [1.29, 1.82) is 0 Å². The summed E-state index contributed by atoms with van der Waals surface area (Å²) in [4.78, 5) is 11.3. The molecule has 94 valence electrons. The molecule has 2 aromatic heterocycles. The molecule has 0 saturated carbocycles. The normalized spacial score (nSPS) is 10.5. The largest absolute Gasteiger partial charge is 0.459 e. The first-order valence-corrected chi connectivity index (χ1v) is 5.52. The molecule has 0 saturated heterocycles. The number of carbonyl (C=O) groups is 1. The summed E-state index contributed by atoms with van der Waals surface area (Å²) in [5.74, 6) is 0.392. The molecule has 2 N–H and O–H groups in total. The highest BCUT2D eigenvalue weighted by Crippen LogP contribution is 2.26. The van der Waals surface area contributed by atoms with Crippen LogP contribution in [0.4, 0.5) is 0 Å². The van der Waals surface area contributed by atoms with Crippen molar-refractivity contribution in [3.63, 3.8) is 0 Å². The van der Waals surface area contributed by atoms with Crippen molar-refractivity contribution >= 4 is 5.91 Å². The maximum absolute atomic E-state index is 11.3. The monoisotopic (exact) mass is 255 g/mol. The number of carbonyl (C=O) groups excluding carboxylic acids is 1. The van der Waals surface area contributed by atoms with Gasteiger partial charge in [0.15, 0.2) is 5.76 Å². The number of nitrogens with two attached hydrogens (primary N) is 1. The highest BCUT2D eigenvalue weighted by Gasteiger charge is 2.16. The molecule has 0 spiro atoms. The molecular weight excluding hydrogens is 246 g/mol. The van der Waals surface area contributed by atoms with Crippen LogP contribution in [0.3, 0.4) is 0 Å². The van der Waals surface area contributed by atoms with Crippen LogP contribution in [0.15, 0.2) is 51.5 Å². The van der Waals surface area contributed by atoms with Crippen LogP contribution in [0.2, 0.25) is 0 Å². The molecule has 0 unspecified atom stereocenters. The van der Waals surface area contributed by atoms with E-state index in [4.69, 9.17) is 14.6 Å². The van der Waals surface area contributed by atoms with Crippen LogP contribution in [-0.4, -0.2) is 16.1 Å². The van der Waals surface area contributed by atoms with Crippen molar-refractivity contribution in [3.05, 3.63) is 48.2 Å². The van der Waals surface area contributed by atoms with Crippen LogP contribution < -0.4 is 5.73 Å². The third kappa shape index (κ3) is 1.99. The highest BCUT2D eigenvalue weighted by molar-refractivity contribution is 5.98. The first-order chi connectivity index (χ1) is 9.25. The topological polar surface area (TPSA) is 95.2 Å². The molecular formula is C13H9N3O3. The molecule has 0 bridgehead atoms. The van der Waals surface area contributed by atoms with Gasteiger partial charge in [-0.1, -0.05) is 12.1 Å². The number of benzene rings is 1. The lowest BCUT2D eigenvalue weighted by Crippen LogP contribution is -2.12. The summed E-state index contributed by atoms with van der Waals surface area (Å²) in [6.07, 6.45) is 1.51. The van der Waals surface area contributed by atoms with E-state index >= 15 is 0 Å². The maximum atomic E-state index is 11.3. The zero-order chi connectivity index (χ0) is 13.2. The number of amides is 1. The number of hydrogen-bond donors (Lipinski definition) is 1. The summed E-state index contributed by atoms with van der Waals surface area (Å²) in [7, 11) is 0. The minimum Gasteiger partial charge on any atom is -0.459 e. The smallest absolute Gasteiger partial charge is 0.283 e. The van der Waals surface area contributed by atoms with Crippen molar-refractivity contribution in [2.24, 2.45) is 5.73 Å². The van der Waals surface area contributed by atoms with Crippen LogP contribution in [0, 0.1) is 0 Å². The fraction of sp³-hybridized carbons (Fsp3) is 0. The maximum Gasteiger partial charge on any atom is 0.283 e. The molecule has 0 aliphatic carbocycles. The second-order valence-corrected chi connectivity index (χ2v) is 3.80. The molecule has 1 amide bonds. The van der Waals surface area contributed by atoms with Crippen LogP contribution in [-0.2, 0) is 0 Å². The van der Waals surface area contributed by atoms with Crippen LogP contribution in [0.25, 0.3) is 23.1 Å². The number of furan rings is 1. The quantitative estimate of drug-likeness (QED) is 0.773. The zero-order valence-electron chi connectivity index (χ0n) is 9.74. The second kappa shape index (κ2) is 4.41. The lowest BCUT2D eigenvalue weighted by atomic mass is 10.1. The zero-order valence-corrected chi connectivity index (χ0v) is 9.74. The summed E-state index contributed by atoms with van der Waals surface area (Å²) in [6.45, 7) is 0. The fourth-order valence-electron chi connectivity index (χ4n) is 1.72. The minimum atomic E-state index is -0.548. The summed E-state index contributed by atoms with van der Waals surface area (Å²) >= 11 is 0. The Hall–Kier alpha value is -2.89. The van der Waals surface area contributed by atoms with E-state index in [-0.39, 0.29) is 11.8 Å². The second-order valence-electron chi connectivity index (χ2n) is 3.80. The Balaban J connectivity index is 2.06. The van der Waals surface area contributed by atoms with Gasteiger partial charge in [0.1, 0.15) is 0 Å². The van der Waals surface area contributed by atoms with Crippen molar-refractivity contribution < 1.29 is 13.6 Å². The van der Waals surface area contributed by atoms with E-state index in [2.05, 4.69) is 10.2 Å². The van der Waals surface area contributed by atoms with Gasteiger partial charge in [-0.3, -0.25) is 4.79 Å². The summed E-state index contributed by atoms with van der Waals surface area (Å²) in [5, 5.41) is 7.77. The number of aromatic nitrogens is 2. The van der Waals surface area contributed by atoms with Crippen molar-refractivity contribution in [3.8, 4) is 23.1 Å². The van der Waals surface area contributed by atoms with Gasteiger partial charge >= 0.3 is 0 Å². The Kier molecular flexibility index (Phi) is 2.60. The molecule has 19 heavy (non-hydrogen) atoms. The Morgan fingerprint density at radius 3 is 2.58 bits per heavy atom. The van der Waals surface area contributed by atoms with Gasteiger partial charge in [-0.05, 0) is 24.3 Å². The van der Waals surface area contributed by atoms with Crippen molar-refractivity contribution in [2.45, 2.75) is 0 Å². The van der Waals surface area contributed by atoms with Crippen molar-refractivity contribution in [2.75, 3.05) is 0 Å². The first kappa shape index (κ1) is 11.2. The third-order valence-electron chi connectivity index (χ3n) is 2.58. The van der Waals surface area contributed by atoms with E-state index < -0.39 is 5.91 Å². The van der Waals surface area contributed by atoms with E-state index in [0.717, 1.165) is 0 Å². The van der Waals surface area contributed by atoms with Gasteiger partial charge in [0.25, 0.3) is 5.89 Å². The predicted molar refractivity (Wildman–Crippen MR) is 66.0 cm³/mol. The molecule has 3 aromatic rings. The van der Waals surface area contributed by atoms with E-state index in [1.54, 1.807) is 36.4 Å². The molecule has 6 nitrogen and oxygen atoms in total. The molecule has 2 heterocycles. The van der Waals surface area contributed by atoms with Gasteiger partial charge in [0.05, 0.1) is 17.4 Å². The molecule has 1 aromatic carbocycles. The highest BCUT2D eigenvalue weighted by atomic mass is 16.4. The van der Waals surface area contributed by atoms with E-state index in [0.29, 0.717) is 16.9 Å². The van der Waals surface area contributed by atoms with Gasteiger partial charge in [-0.15, -0.1) is 10.2 Å². The van der Waals surface area contributed by atoms with Crippen LogP contribution in [0.1, 0.15) is 10.4 Å². The minimum absolute atomic E-state index is 0.223. The number of rotatable bonds is 3. The van der Waals surface area contributed by atoms with Gasteiger partial charge in [-0.25, -0.2) is 0 Å². The summed E-state index contributed by atoms with van der Waals surface area (Å²) in [6, 6.07) is 10.2. The lowest BCUT2D eigenvalue weighted by Gasteiger charge is -2.00. The molecule has 0 aliphatic rings. The van der Waals surface area contributed by atoms with Gasteiger partial charge < -0.3 is 14.6 Å². The van der Waals surface area contributed by atoms with Gasteiger partial charge in [-0.2, -0.15) is 0 Å². The Labute approximate surface area is 107 Å². The predicted octanol–water partition coefficient (Wildman–Crippen LogP) is 2.10. The lowest BCUT2D eigenvalue weighted by molar-refractivity contribution is 0.100. The first-order valence-electron chi connectivity index (χ1n) is 5.52. The number of hydrogen-bond acceptors (Lipinski definition) is 5. The Morgan fingerprint density at radius 2 is 1.84 bits per heavy atom. The average Bonchev–Trinajstić information content (AvgIpc) is 3.09. The third-order valence-corrected chi connectivity index (χ3v) is 2.58. The van der Waals surface area contributed by atoms with Crippen LogP contribution >= 0.6 is 0 Å². The molecule has 0 atom stereocenters.